The fourth-order valence-electron chi connectivity index (χ4n) is 1.62. The summed E-state index contributed by atoms with van der Waals surface area (Å²) in [5, 5.41) is 3.38. The molecule has 3 heteroatoms. The molecule has 0 atom stereocenters. The minimum atomic E-state index is 0.814. The zero-order valence-corrected chi connectivity index (χ0v) is 10.4. The van der Waals surface area contributed by atoms with Gasteiger partial charge in [-0.05, 0) is 37.1 Å². The Morgan fingerprint density at radius 1 is 1.25 bits per heavy atom. The molecule has 16 heavy (non-hydrogen) atoms. The van der Waals surface area contributed by atoms with Crippen LogP contribution in [-0.4, -0.2) is 27.4 Å². The molecule has 0 unspecified atom stereocenters. The van der Waals surface area contributed by atoms with Crippen molar-refractivity contribution >= 4 is 0 Å². The third-order valence-electron chi connectivity index (χ3n) is 2.49. The van der Waals surface area contributed by atoms with Crippen LogP contribution in [-0.2, 0) is 11.3 Å². The van der Waals surface area contributed by atoms with Gasteiger partial charge in [0, 0.05) is 20.3 Å². The number of rotatable bonds is 7. The van der Waals surface area contributed by atoms with Crippen molar-refractivity contribution in [3.63, 3.8) is 0 Å². The molecule has 0 saturated carbocycles. The van der Waals surface area contributed by atoms with Gasteiger partial charge in [-0.1, -0.05) is 12.1 Å². The van der Waals surface area contributed by atoms with E-state index in [1.54, 1.807) is 14.2 Å². The van der Waals surface area contributed by atoms with Gasteiger partial charge in [-0.3, -0.25) is 0 Å². The number of methoxy groups -OCH3 is 2. The monoisotopic (exact) mass is 223 g/mol. The van der Waals surface area contributed by atoms with E-state index in [0.29, 0.717) is 0 Å². The van der Waals surface area contributed by atoms with Crippen molar-refractivity contribution < 1.29 is 9.47 Å². The number of ether oxygens (including phenoxy) is 2. The van der Waals surface area contributed by atoms with Crippen molar-refractivity contribution in [1.29, 1.82) is 0 Å². The van der Waals surface area contributed by atoms with Crippen LogP contribution < -0.4 is 10.1 Å². The van der Waals surface area contributed by atoms with Crippen LogP contribution in [0.1, 0.15) is 17.5 Å². The second kappa shape index (κ2) is 7.25. The van der Waals surface area contributed by atoms with Gasteiger partial charge in [0.05, 0.1) is 7.11 Å². The first kappa shape index (κ1) is 13.0. The molecule has 90 valence electrons. The number of hydrogen-bond donors (Lipinski definition) is 1. The summed E-state index contributed by atoms with van der Waals surface area (Å²) in [5.74, 6) is 0.947. The van der Waals surface area contributed by atoms with E-state index in [0.717, 1.165) is 31.9 Å². The summed E-state index contributed by atoms with van der Waals surface area (Å²) in [4.78, 5) is 0. The predicted molar refractivity (Wildman–Crippen MR) is 65.9 cm³/mol. The molecule has 0 heterocycles. The van der Waals surface area contributed by atoms with Crippen molar-refractivity contribution in [2.24, 2.45) is 0 Å². The second-order valence-corrected chi connectivity index (χ2v) is 3.83. The zero-order chi connectivity index (χ0) is 11.8. The summed E-state index contributed by atoms with van der Waals surface area (Å²) in [6.07, 6.45) is 1.05. The lowest BCUT2D eigenvalue weighted by Gasteiger charge is -2.08. The van der Waals surface area contributed by atoms with Crippen molar-refractivity contribution in [3.8, 4) is 5.75 Å². The van der Waals surface area contributed by atoms with Crippen LogP contribution >= 0.6 is 0 Å². The zero-order valence-electron chi connectivity index (χ0n) is 10.4. The lowest BCUT2D eigenvalue weighted by Crippen LogP contribution is -2.16. The fourth-order valence-corrected chi connectivity index (χ4v) is 1.62. The molecule has 0 radical (unpaired) electrons. The highest BCUT2D eigenvalue weighted by atomic mass is 16.5. The SMILES string of the molecule is COCCCNCc1ccc(OC)c(C)c1. The molecule has 0 aromatic heterocycles. The lowest BCUT2D eigenvalue weighted by atomic mass is 10.1. The van der Waals surface area contributed by atoms with Crippen molar-refractivity contribution in [1.82, 2.24) is 5.32 Å². The molecule has 1 aromatic carbocycles. The van der Waals surface area contributed by atoms with E-state index in [1.165, 1.54) is 11.1 Å². The van der Waals surface area contributed by atoms with E-state index in [9.17, 15) is 0 Å². The molecule has 0 aliphatic rings. The third-order valence-corrected chi connectivity index (χ3v) is 2.49. The molecule has 0 saturated heterocycles. The minimum Gasteiger partial charge on any atom is -0.496 e. The highest BCUT2D eigenvalue weighted by Crippen LogP contribution is 2.18. The topological polar surface area (TPSA) is 30.5 Å². The average Bonchev–Trinajstić information content (AvgIpc) is 2.29. The smallest absolute Gasteiger partial charge is 0.121 e. The molecular weight excluding hydrogens is 202 g/mol. The molecule has 1 rings (SSSR count). The van der Waals surface area contributed by atoms with Gasteiger partial charge in [0.1, 0.15) is 5.75 Å². The van der Waals surface area contributed by atoms with Crippen LogP contribution in [0, 0.1) is 6.92 Å². The Morgan fingerprint density at radius 3 is 2.69 bits per heavy atom. The van der Waals surface area contributed by atoms with Crippen molar-refractivity contribution in [3.05, 3.63) is 29.3 Å². The van der Waals surface area contributed by atoms with Gasteiger partial charge in [-0.2, -0.15) is 0 Å². The Bertz CT molecular complexity index is 313. The summed E-state index contributed by atoms with van der Waals surface area (Å²) >= 11 is 0. The minimum absolute atomic E-state index is 0.814. The molecule has 0 aliphatic heterocycles. The maximum atomic E-state index is 5.22. The van der Waals surface area contributed by atoms with Crippen molar-refractivity contribution in [2.45, 2.75) is 19.9 Å². The van der Waals surface area contributed by atoms with Gasteiger partial charge >= 0.3 is 0 Å². The molecule has 0 fully saturated rings. The molecule has 0 amide bonds. The predicted octanol–water partition coefficient (Wildman–Crippen LogP) is 2.13. The Balaban J connectivity index is 2.34. The average molecular weight is 223 g/mol. The Morgan fingerprint density at radius 2 is 2.06 bits per heavy atom. The molecule has 1 aromatic rings. The largest absolute Gasteiger partial charge is 0.496 e. The van der Waals surface area contributed by atoms with E-state index in [1.807, 2.05) is 6.07 Å². The van der Waals surface area contributed by atoms with Gasteiger partial charge in [0.2, 0.25) is 0 Å². The first-order chi connectivity index (χ1) is 7.77. The highest BCUT2D eigenvalue weighted by molar-refractivity contribution is 5.36. The maximum absolute atomic E-state index is 5.22. The van der Waals surface area contributed by atoms with Crippen LogP contribution in [0.2, 0.25) is 0 Å². The maximum Gasteiger partial charge on any atom is 0.121 e. The number of nitrogens with one attached hydrogen (secondary N) is 1. The van der Waals surface area contributed by atoms with Crippen molar-refractivity contribution in [2.75, 3.05) is 27.4 Å². The molecule has 3 nitrogen and oxygen atoms in total. The summed E-state index contributed by atoms with van der Waals surface area (Å²) in [5.41, 5.74) is 2.47. The Kier molecular flexibility index (Phi) is 5.90. The molecule has 0 spiro atoms. The van der Waals surface area contributed by atoms with Crippen LogP contribution in [0.15, 0.2) is 18.2 Å². The molecule has 1 N–H and O–H groups in total. The van der Waals surface area contributed by atoms with Gasteiger partial charge in [-0.15, -0.1) is 0 Å². The molecular formula is C13H21NO2. The first-order valence-electron chi connectivity index (χ1n) is 5.61. The van der Waals surface area contributed by atoms with Gasteiger partial charge in [-0.25, -0.2) is 0 Å². The summed E-state index contributed by atoms with van der Waals surface area (Å²) in [6.45, 7) is 4.76. The van der Waals surface area contributed by atoms with Gasteiger partial charge in [0.25, 0.3) is 0 Å². The second-order valence-electron chi connectivity index (χ2n) is 3.83. The summed E-state index contributed by atoms with van der Waals surface area (Å²) < 4.78 is 10.2. The number of aryl methyl sites for hydroxylation is 1. The highest BCUT2D eigenvalue weighted by Gasteiger charge is 1.99. The molecule has 0 aliphatic carbocycles. The van der Waals surface area contributed by atoms with Crippen LogP contribution in [0.5, 0.6) is 5.75 Å². The van der Waals surface area contributed by atoms with Gasteiger partial charge < -0.3 is 14.8 Å². The quantitative estimate of drug-likeness (QED) is 0.718. The lowest BCUT2D eigenvalue weighted by molar-refractivity contribution is 0.194. The van der Waals surface area contributed by atoms with E-state index in [2.05, 4.69) is 24.4 Å². The number of benzene rings is 1. The fraction of sp³-hybridized carbons (Fsp3) is 0.538. The van der Waals surface area contributed by atoms with E-state index in [4.69, 9.17) is 9.47 Å². The summed E-state index contributed by atoms with van der Waals surface area (Å²) in [7, 11) is 3.43. The summed E-state index contributed by atoms with van der Waals surface area (Å²) in [6, 6.07) is 6.26. The molecule has 0 bridgehead atoms. The third kappa shape index (κ3) is 4.21. The number of hydrogen-bond acceptors (Lipinski definition) is 3. The van der Waals surface area contributed by atoms with E-state index >= 15 is 0 Å². The normalized spacial score (nSPS) is 10.4. The Hall–Kier alpha value is -1.06. The first-order valence-corrected chi connectivity index (χ1v) is 5.61. The van der Waals surface area contributed by atoms with E-state index < -0.39 is 0 Å². The van der Waals surface area contributed by atoms with E-state index in [-0.39, 0.29) is 0 Å². The van der Waals surface area contributed by atoms with Gasteiger partial charge in [0.15, 0.2) is 0 Å². The standard InChI is InChI=1S/C13H21NO2/c1-11-9-12(5-6-13(11)16-3)10-14-7-4-8-15-2/h5-6,9,14H,4,7-8,10H2,1-3H3. The Labute approximate surface area is 97.8 Å². The van der Waals surface area contributed by atoms with Crippen LogP contribution in [0.4, 0.5) is 0 Å². The van der Waals surface area contributed by atoms with Crippen LogP contribution in [0.25, 0.3) is 0 Å². The van der Waals surface area contributed by atoms with Crippen LogP contribution in [0.3, 0.4) is 0 Å².